The molecule has 0 aliphatic carbocycles. The average Bonchev–Trinajstić information content (AvgIpc) is 2.67. The van der Waals surface area contributed by atoms with Crippen molar-refractivity contribution in [1.82, 2.24) is 9.55 Å². The Hall–Kier alpha value is -2.10. The first-order chi connectivity index (χ1) is 8.15. The summed E-state index contributed by atoms with van der Waals surface area (Å²) < 4.78 is 1.85. The molecule has 88 valence electrons. The first kappa shape index (κ1) is 11.4. The van der Waals surface area contributed by atoms with Crippen LogP contribution in [0.15, 0.2) is 30.3 Å². The normalized spacial score (nSPS) is 10.5. The van der Waals surface area contributed by atoms with Gasteiger partial charge in [0.15, 0.2) is 5.69 Å². The molecule has 2 aromatic rings. The monoisotopic (exact) mass is 230 g/mol. The Labute approximate surface area is 99.5 Å². The number of benzene rings is 1. The van der Waals surface area contributed by atoms with Crippen LogP contribution in [-0.4, -0.2) is 20.6 Å². The fourth-order valence-corrected chi connectivity index (χ4v) is 1.95. The van der Waals surface area contributed by atoms with Crippen molar-refractivity contribution in [3.05, 3.63) is 41.7 Å². The lowest BCUT2D eigenvalue weighted by Crippen LogP contribution is -2.03. The van der Waals surface area contributed by atoms with Gasteiger partial charge in [-0.05, 0) is 6.42 Å². The van der Waals surface area contributed by atoms with E-state index in [1.54, 1.807) is 0 Å². The molecule has 0 saturated carbocycles. The Morgan fingerprint density at radius 3 is 2.47 bits per heavy atom. The Kier molecular flexibility index (Phi) is 2.95. The zero-order valence-electron chi connectivity index (χ0n) is 9.84. The first-order valence-electron chi connectivity index (χ1n) is 5.49. The van der Waals surface area contributed by atoms with Crippen LogP contribution in [0.4, 0.5) is 0 Å². The molecule has 0 fully saturated rings. The van der Waals surface area contributed by atoms with Crippen LogP contribution in [0.2, 0.25) is 0 Å². The molecule has 17 heavy (non-hydrogen) atoms. The summed E-state index contributed by atoms with van der Waals surface area (Å²) in [5.41, 5.74) is 1.82. The Balaban J connectivity index is 2.61. The fraction of sp³-hybridized carbons (Fsp3) is 0.231. The molecule has 0 aliphatic rings. The second-order valence-corrected chi connectivity index (χ2v) is 3.81. The topological polar surface area (TPSA) is 55.1 Å². The zero-order valence-corrected chi connectivity index (χ0v) is 9.84. The lowest BCUT2D eigenvalue weighted by molar-refractivity contribution is 0.0689. The van der Waals surface area contributed by atoms with Crippen LogP contribution in [0, 0.1) is 0 Å². The fourth-order valence-electron chi connectivity index (χ4n) is 1.95. The highest BCUT2D eigenvalue weighted by Gasteiger charge is 2.19. The van der Waals surface area contributed by atoms with Gasteiger partial charge in [0.05, 0.1) is 5.69 Å². The molecule has 4 heteroatoms. The molecular weight excluding hydrogens is 216 g/mol. The number of nitrogens with zero attached hydrogens (tertiary/aromatic N) is 2. The lowest BCUT2D eigenvalue weighted by Gasteiger charge is -2.03. The van der Waals surface area contributed by atoms with Gasteiger partial charge in [-0.25, -0.2) is 9.78 Å². The van der Waals surface area contributed by atoms with Crippen LogP contribution in [-0.2, 0) is 13.5 Å². The molecule has 1 aromatic heterocycles. The highest BCUT2D eigenvalue weighted by Crippen LogP contribution is 2.21. The Bertz CT molecular complexity index is 544. The molecule has 0 saturated heterocycles. The van der Waals surface area contributed by atoms with Gasteiger partial charge in [-0.2, -0.15) is 0 Å². The average molecular weight is 230 g/mol. The summed E-state index contributed by atoms with van der Waals surface area (Å²) in [6.45, 7) is 1.93. The van der Waals surface area contributed by atoms with Crippen LogP contribution < -0.4 is 0 Å². The SMILES string of the molecule is CCc1c(C(=O)O)nc(-c2ccccc2)n1C. The molecule has 0 atom stereocenters. The van der Waals surface area contributed by atoms with Gasteiger partial charge in [0, 0.05) is 12.6 Å². The number of carboxylic acids is 1. The van der Waals surface area contributed by atoms with Gasteiger partial charge in [-0.3, -0.25) is 0 Å². The minimum Gasteiger partial charge on any atom is -0.476 e. The van der Waals surface area contributed by atoms with Gasteiger partial charge in [-0.1, -0.05) is 37.3 Å². The van der Waals surface area contributed by atoms with Gasteiger partial charge in [0.2, 0.25) is 0 Å². The molecule has 1 heterocycles. The van der Waals surface area contributed by atoms with Gasteiger partial charge in [-0.15, -0.1) is 0 Å². The smallest absolute Gasteiger partial charge is 0.356 e. The number of hydrogen-bond donors (Lipinski definition) is 1. The van der Waals surface area contributed by atoms with Gasteiger partial charge >= 0.3 is 5.97 Å². The molecule has 0 radical (unpaired) electrons. The molecule has 2 rings (SSSR count). The molecule has 1 N–H and O–H groups in total. The van der Waals surface area contributed by atoms with Crippen molar-refractivity contribution in [2.24, 2.45) is 7.05 Å². The van der Waals surface area contributed by atoms with E-state index < -0.39 is 5.97 Å². The zero-order chi connectivity index (χ0) is 12.4. The Morgan fingerprint density at radius 2 is 2.00 bits per heavy atom. The van der Waals surface area contributed by atoms with Crippen molar-refractivity contribution in [2.45, 2.75) is 13.3 Å². The maximum atomic E-state index is 11.1. The summed E-state index contributed by atoms with van der Waals surface area (Å²) in [6, 6.07) is 9.60. The maximum absolute atomic E-state index is 11.1. The number of aromatic carboxylic acids is 1. The van der Waals surface area contributed by atoms with E-state index in [-0.39, 0.29) is 5.69 Å². The van der Waals surface area contributed by atoms with Crippen molar-refractivity contribution in [2.75, 3.05) is 0 Å². The number of imidazole rings is 1. The molecule has 0 spiro atoms. The highest BCUT2D eigenvalue weighted by atomic mass is 16.4. The molecule has 4 nitrogen and oxygen atoms in total. The van der Waals surface area contributed by atoms with Crippen LogP contribution >= 0.6 is 0 Å². The van der Waals surface area contributed by atoms with E-state index in [2.05, 4.69) is 4.98 Å². The predicted octanol–water partition coefficient (Wildman–Crippen LogP) is 2.35. The largest absolute Gasteiger partial charge is 0.476 e. The predicted molar refractivity (Wildman–Crippen MR) is 65.0 cm³/mol. The summed E-state index contributed by atoms with van der Waals surface area (Å²) in [5.74, 6) is -0.278. The molecule has 1 aromatic carbocycles. The summed E-state index contributed by atoms with van der Waals surface area (Å²) in [4.78, 5) is 15.3. The van der Waals surface area contributed by atoms with Crippen LogP contribution in [0.1, 0.15) is 23.1 Å². The molecular formula is C13H14N2O2. The van der Waals surface area contributed by atoms with Gasteiger partial charge in [0.25, 0.3) is 0 Å². The van der Waals surface area contributed by atoms with E-state index >= 15 is 0 Å². The van der Waals surface area contributed by atoms with E-state index in [0.29, 0.717) is 12.2 Å². The van der Waals surface area contributed by atoms with Crippen LogP contribution in [0.25, 0.3) is 11.4 Å². The quantitative estimate of drug-likeness (QED) is 0.880. The van der Waals surface area contributed by atoms with Gasteiger partial charge < -0.3 is 9.67 Å². The second-order valence-electron chi connectivity index (χ2n) is 3.81. The van der Waals surface area contributed by atoms with Crippen molar-refractivity contribution in [3.63, 3.8) is 0 Å². The number of carbonyl (C=O) groups is 1. The van der Waals surface area contributed by atoms with E-state index in [1.807, 2.05) is 48.9 Å². The highest BCUT2D eigenvalue weighted by molar-refractivity contribution is 5.87. The molecule has 0 amide bonds. The summed E-state index contributed by atoms with van der Waals surface area (Å²) in [5, 5.41) is 9.11. The van der Waals surface area contributed by atoms with Crippen molar-refractivity contribution in [3.8, 4) is 11.4 Å². The second kappa shape index (κ2) is 4.41. The van der Waals surface area contributed by atoms with Gasteiger partial charge in [0.1, 0.15) is 5.82 Å². The molecule has 0 unspecified atom stereocenters. The summed E-state index contributed by atoms with van der Waals surface area (Å²) >= 11 is 0. The van der Waals surface area contributed by atoms with E-state index in [0.717, 1.165) is 11.3 Å². The number of hydrogen-bond acceptors (Lipinski definition) is 2. The minimum absolute atomic E-state index is 0.147. The summed E-state index contributed by atoms with van der Waals surface area (Å²) in [6.07, 6.45) is 0.651. The Morgan fingerprint density at radius 1 is 1.35 bits per heavy atom. The first-order valence-corrected chi connectivity index (χ1v) is 5.49. The minimum atomic E-state index is -0.973. The lowest BCUT2D eigenvalue weighted by atomic mass is 10.2. The molecule has 0 aliphatic heterocycles. The number of aromatic nitrogens is 2. The van der Waals surface area contributed by atoms with Crippen molar-refractivity contribution in [1.29, 1.82) is 0 Å². The van der Waals surface area contributed by atoms with Crippen LogP contribution in [0.5, 0.6) is 0 Å². The third-order valence-corrected chi connectivity index (χ3v) is 2.78. The van der Waals surface area contributed by atoms with Crippen LogP contribution in [0.3, 0.4) is 0 Å². The number of carboxylic acid groups (broad SMARTS) is 1. The van der Waals surface area contributed by atoms with E-state index in [4.69, 9.17) is 5.11 Å². The van der Waals surface area contributed by atoms with E-state index in [9.17, 15) is 4.79 Å². The maximum Gasteiger partial charge on any atom is 0.356 e. The molecule has 0 bridgehead atoms. The van der Waals surface area contributed by atoms with Crippen molar-refractivity contribution >= 4 is 5.97 Å². The standard InChI is InChI=1S/C13H14N2O2/c1-3-10-11(13(16)17)14-12(15(10)2)9-7-5-4-6-8-9/h4-8H,3H2,1-2H3,(H,16,17). The third-order valence-electron chi connectivity index (χ3n) is 2.78. The van der Waals surface area contributed by atoms with E-state index in [1.165, 1.54) is 0 Å². The third kappa shape index (κ3) is 1.93. The van der Waals surface area contributed by atoms with Crippen molar-refractivity contribution < 1.29 is 9.90 Å². The summed E-state index contributed by atoms with van der Waals surface area (Å²) in [7, 11) is 1.85. The number of rotatable bonds is 3.